The highest BCUT2D eigenvalue weighted by atomic mass is 19.1. The standard InChI is InChI=1S/C19H16FN3O/c1-12-4-3-5-16(18(12)20)19(24)23-15-8-6-14(7-9-15)17-10-11-21-13(2)22-17/h3-11H,1-2H3,(H,23,24). The smallest absolute Gasteiger partial charge is 0.258 e. The van der Waals surface area contributed by atoms with E-state index in [4.69, 9.17) is 0 Å². The number of nitrogens with zero attached hydrogens (tertiary/aromatic N) is 2. The highest BCUT2D eigenvalue weighted by Gasteiger charge is 2.13. The van der Waals surface area contributed by atoms with Gasteiger partial charge in [0.2, 0.25) is 0 Å². The van der Waals surface area contributed by atoms with E-state index in [-0.39, 0.29) is 5.56 Å². The van der Waals surface area contributed by atoms with Gasteiger partial charge < -0.3 is 5.32 Å². The summed E-state index contributed by atoms with van der Waals surface area (Å²) in [6.45, 7) is 3.46. The van der Waals surface area contributed by atoms with Crippen LogP contribution in [-0.2, 0) is 0 Å². The number of rotatable bonds is 3. The van der Waals surface area contributed by atoms with Crippen LogP contribution in [0.4, 0.5) is 10.1 Å². The lowest BCUT2D eigenvalue weighted by molar-refractivity contribution is 0.102. The van der Waals surface area contributed by atoms with Crippen LogP contribution in [0.25, 0.3) is 11.3 Å². The molecule has 0 aliphatic heterocycles. The lowest BCUT2D eigenvalue weighted by atomic mass is 10.1. The second-order valence-corrected chi connectivity index (χ2v) is 5.46. The fourth-order valence-electron chi connectivity index (χ4n) is 2.36. The lowest BCUT2D eigenvalue weighted by Gasteiger charge is -2.08. The van der Waals surface area contributed by atoms with Gasteiger partial charge in [-0.15, -0.1) is 0 Å². The number of aryl methyl sites for hydroxylation is 2. The van der Waals surface area contributed by atoms with Crippen molar-refractivity contribution < 1.29 is 9.18 Å². The Morgan fingerprint density at radius 3 is 2.50 bits per heavy atom. The van der Waals surface area contributed by atoms with E-state index in [0.29, 0.717) is 17.1 Å². The highest BCUT2D eigenvalue weighted by molar-refractivity contribution is 6.04. The molecule has 0 saturated heterocycles. The van der Waals surface area contributed by atoms with Gasteiger partial charge >= 0.3 is 0 Å². The maximum absolute atomic E-state index is 14.0. The van der Waals surface area contributed by atoms with Crippen molar-refractivity contribution in [1.82, 2.24) is 9.97 Å². The van der Waals surface area contributed by atoms with Gasteiger partial charge in [-0.1, -0.05) is 24.3 Å². The van der Waals surface area contributed by atoms with E-state index in [1.807, 2.05) is 25.1 Å². The Bertz CT molecular complexity index is 891. The van der Waals surface area contributed by atoms with Gasteiger partial charge in [0.25, 0.3) is 5.91 Å². The fourth-order valence-corrected chi connectivity index (χ4v) is 2.36. The predicted octanol–water partition coefficient (Wildman–Crippen LogP) is 4.15. The maximum atomic E-state index is 14.0. The van der Waals surface area contributed by atoms with Gasteiger partial charge in [0, 0.05) is 17.4 Å². The zero-order valence-corrected chi connectivity index (χ0v) is 13.4. The summed E-state index contributed by atoms with van der Waals surface area (Å²) < 4.78 is 14.0. The van der Waals surface area contributed by atoms with E-state index in [0.717, 1.165) is 11.3 Å². The summed E-state index contributed by atoms with van der Waals surface area (Å²) >= 11 is 0. The van der Waals surface area contributed by atoms with Crippen molar-refractivity contribution in [2.75, 3.05) is 5.32 Å². The average molecular weight is 321 g/mol. The van der Waals surface area contributed by atoms with Gasteiger partial charge in [0.1, 0.15) is 11.6 Å². The SMILES string of the molecule is Cc1nccc(-c2ccc(NC(=O)c3cccc(C)c3F)cc2)n1. The number of carbonyl (C=O) groups excluding carboxylic acids is 1. The molecule has 5 heteroatoms. The van der Waals surface area contributed by atoms with Gasteiger partial charge in [-0.05, 0) is 43.7 Å². The van der Waals surface area contributed by atoms with Crippen molar-refractivity contribution >= 4 is 11.6 Å². The molecule has 0 aliphatic carbocycles. The van der Waals surface area contributed by atoms with E-state index in [1.54, 1.807) is 37.4 Å². The fraction of sp³-hybridized carbons (Fsp3) is 0.105. The number of nitrogens with one attached hydrogen (secondary N) is 1. The molecule has 0 bridgehead atoms. The van der Waals surface area contributed by atoms with Gasteiger partial charge in [0.05, 0.1) is 11.3 Å². The Labute approximate surface area is 139 Å². The largest absolute Gasteiger partial charge is 0.322 e. The minimum Gasteiger partial charge on any atom is -0.322 e. The number of benzene rings is 2. The van der Waals surface area contributed by atoms with Crippen molar-refractivity contribution in [2.45, 2.75) is 13.8 Å². The van der Waals surface area contributed by atoms with Crippen LogP contribution >= 0.6 is 0 Å². The average Bonchev–Trinajstić information content (AvgIpc) is 2.58. The topological polar surface area (TPSA) is 54.9 Å². The van der Waals surface area contributed by atoms with Gasteiger partial charge in [-0.2, -0.15) is 0 Å². The van der Waals surface area contributed by atoms with Gasteiger partial charge in [0.15, 0.2) is 0 Å². The van der Waals surface area contributed by atoms with E-state index in [9.17, 15) is 9.18 Å². The third-order valence-electron chi connectivity index (χ3n) is 3.65. The molecule has 0 atom stereocenters. The number of halogens is 1. The van der Waals surface area contributed by atoms with Crippen molar-refractivity contribution in [2.24, 2.45) is 0 Å². The van der Waals surface area contributed by atoms with Crippen molar-refractivity contribution in [3.8, 4) is 11.3 Å². The van der Waals surface area contributed by atoms with Crippen LogP contribution in [0.1, 0.15) is 21.7 Å². The van der Waals surface area contributed by atoms with E-state index >= 15 is 0 Å². The van der Waals surface area contributed by atoms with Crippen LogP contribution in [0, 0.1) is 19.7 Å². The van der Waals surface area contributed by atoms with Crippen LogP contribution in [0.15, 0.2) is 54.7 Å². The first kappa shape index (κ1) is 15.8. The summed E-state index contributed by atoms with van der Waals surface area (Å²) in [6.07, 6.45) is 1.70. The third kappa shape index (κ3) is 3.30. The summed E-state index contributed by atoms with van der Waals surface area (Å²) in [7, 11) is 0. The quantitative estimate of drug-likeness (QED) is 0.788. The maximum Gasteiger partial charge on any atom is 0.258 e. The summed E-state index contributed by atoms with van der Waals surface area (Å²) in [5, 5.41) is 2.70. The lowest BCUT2D eigenvalue weighted by Crippen LogP contribution is -2.14. The number of hydrogen-bond acceptors (Lipinski definition) is 3. The first-order valence-corrected chi connectivity index (χ1v) is 7.51. The number of amides is 1. The Morgan fingerprint density at radius 1 is 1.04 bits per heavy atom. The molecule has 2 aromatic carbocycles. The first-order chi connectivity index (χ1) is 11.5. The molecule has 0 aliphatic rings. The molecule has 0 saturated carbocycles. The number of anilines is 1. The molecular formula is C19H16FN3O. The molecule has 3 aromatic rings. The van der Waals surface area contributed by atoms with E-state index in [2.05, 4.69) is 15.3 Å². The second-order valence-electron chi connectivity index (χ2n) is 5.46. The minimum absolute atomic E-state index is 0.0329. The van der Waals surface area contributed by atoms with Crippen molar-refractivity contribution in [1.29, 1.82) is 0 Å². The molecule has 1 N–H and O–H groups in total. The summed E-state index contributed by atoms with van der Waals surface area (Å²) in [5.74, 6) is -0.273. The monoisotopic (exact) mass is 321 g/mol. The summed E-state index contributed by atoms with van der Waals surface area (Å²) in [6, 6.07) is 13.8. The van der Waals surface area contributed by atoms with Crippen LogP contribution in [0.3, 0.4) is 0 Å². The number of hydrogen-bond donors (Lipinski definition) is 1. The number of aromatic nitrogens is 2. The molecular weight excluding hydrogens is 305 g/mol. The first-order valence-electron chi connectivity index (χ1n) is 7.51. The highest BCUT2D eigenvalue weighted by Crippen LogP contribution is 2.20. The van der Waals surface area contributed by atoms with Crippen molar-refractivity contribution in [3.05, 3.63) is 77.5 Å². The van der Waals surface area contributed by atoms with Crippen LogP contribution in [0.5, 0.6) is 0 Å². The molecule has 0 unspecified atom stereocenters. The molecule has 24 heavy (non-hydrogen) atoms. The molecule has 0 fully saturated rings. The van der Waals surface area contributed by atoms with Crippen LogP contribution < -0.4 is 5.32 Å². The zero-order chi connectivity index (χ0) is 17.1. The van der Waals surface area contributed by atoms with Crippen LogP contribution in [-0.4, -0.2) is 15.9 Å². The molecule has 4 nitrogen and oxygen atoms in total. The van der Waals surface area contributed by atoms with Gasteiger partial charge in [-0.25, -0.2) is 14.4 Å². The predicted molar refractivity (Wildman–Crippen MR) is 91.3 cm³/mol. The molecule has 120 valence electrons. The van der Waals surface area contributed by atoms with E-state index in [1.165, 1.54) is 6.07 Å². The Kier molecular flexibility index (Phi) is 4.33. The third-order valence-corrected chi connectivity index (χ3v) is 3.65. The van der Waals surface area contributed by atoms with Gasteiger partial charge in [-0.3, -0.25) is 4.79 Å². The molecule has 1 amide bonds. The molecule has 0 spiro atoms. The van der Waals surface area contributed by atoms with Crippen LogP contribution in [0.2, 0.25) is 0 Å². The summed E-state index contributed by atoms with van der Waals surface area (Å²) in [4.78, 5) is 20.6. The van der Waals surface area contributed by atoms with E-state index < -0.39 is 11.7 Å². The van der Waals surface area contributed by atoms with Crippen molar-refractivity contribution in [3.63, 3.8) is 0 Å². The molecule has 0 radical (unpaired) electrons. The minimum atomic E-state index is -0.497. The Morgan fingerprint density at radius 2 is 1.79 bits per heavy atom. The molecule has 1 heterocycles. The molecule has 1 aromatic heterocycles. The number of carbonyl (C=O) groups is 1. The molecule has 3 rings (SSSR count). The summed E-state index contributed by atoms with van der Waals surface area (Å²) in [5.41, 5.74) is 2.79. The Balaban J connectivity index is 1.79. The second kappa shape index (κ2) is 6.58. The zero-order valence-electron chi connectivity index (χ0n) is 13.4. The Hall–Kier alpha value is -3.08. The normalized spacial score (nSPS) is 10.5.